The van der Waals surface area contributed by atoms with Crippen LogP contribution < -0.4 is 31.9 Å². The van der Waals surface area contributed by atoms with Gasteiger partial charge >= 0.3 is 18.3 Å². The molecule has 0 spiro atoms. The number of hydrogen-bond acceptors (Lipinski definition) is 27. The number of amides is 9. The van der Waals surface area contributed by atoms with E-state index in [4.69, 9.17) is 71.1 Å². The fourth-order valence-corrected chi connectivity index (χ4v) is 14.2. The van der Waals surface area contributed by atoms with Crippen molar-refractivity contribution in [1.29, 1.82) is 0 Å². The normalized spacial score (nSPS) is 15.5. The molecule has 692 valence electrons. The van der Waals surface area contributed by atoms with Gasteiger partial charge < -0.3 is 103 Å². The molecule has 0 fully saturated rings. The molecule has 33 heteroatoms. The number of hydrogen-bond donors (Lipinski definition) is 6. The van der Waals surface area contributed by atoms with Crippen molar-refractivity contribution in [2.45, 2.75) is 170 Å². The lowest BCUT2D eigenvalue weighted by Gasteiger charge is -2.33. The maximum atomic E-state index is 13.9. The topological polar surface area (TPSA) is 374 Å². The van der Waals surface area contributed by atoms with Crippen LogP contribution in [0, 0.1) is 5.41 Å². The van der Waals surface area contributed by atoms with Crippen molar-refractivity contribution >= 4 is 103 Å². The highest BCUT2D eigenvalue weighted by Gasteiger charge is 2.38. The third-order valence-electron chi connectivity index (χ3n) is 20.3. The van der Waals surface area contributed by atoms with Gasteiger partial charge in [0.25, 0.3) is 35.4 Å². The second kappa shape index (κ2) is 47.9. The smallest absolute Gasteiger partial charge is 0.407 e. The Morgan fingerprint density at radius 3 is 0.810 bits per heavy atom. The first-order chi connectivity index (χ1) is 60.0. The fourth-order valence-electron chi connectivity index (χ4n) is 14.2. The van der Waals surface area contributed by atoms with Crippen molar-refractivity contribution in [3.63, 3.8) is 0 Å². The first-order valence-electron chi connectivity index (χ1n) is 43.5. The molecule has 0 aliphatic carbocycles. The second-order valence-corrected chi connectivity index (χ2v) is 34.9. The molecule has 6 atom stereocenters. The highest BCUT2D eigenvalue weighted by molar-refractivity contribution is 6.29. The van der Waals surface area contributed by atoms with E-state index in [2.05, 4.69) is 38.8 Å². The van der Waals surface area contributed by atoms with Gasteiger partial charge in [-0.1, -0.05) is 43.3 Å². The van der Waals surface area contributed by atoms with Crippen LogP contribution in [-0.2, 0) is 71.1 Å². The predicted octanol–water partition coefficient (Wildman–Crippen LogP) is 12.1. The number of carbonyl (C=O) groups is 9. The summed E-state index contributed by atoms with van der Waals surface area (Å²) >= 11 is 0. The van der Waals surface area contributed by atoms with Gasteiger partial charge in [0.15, 0.2) is 0 Å². The minimum absolute atomic E-state index is 0.0470. The van der Waals surface area contributed by atoms with Crippen LogP contribution in [0.2, 0.25) is 0 Å². The number of benzene rings is 6. The van der Waals surface area contributed by atoms with Gasteiger partial charge in [-0.05, 0) is 165 Å². The van der Waals surface area contributed by atoms with Gasteiger partial charge in [-0.2, -0.15) is 0 Å². The Morgan fingerprint density at radius 2 is 0.563 bits per heavy atom. The molecule has 3 heterocycles. The highest BCUT2D eigenvalue weighted by atomic mass is 16.6. The molecule has 0 saturated heterocycles. The Hall–Kier alpha value is -9.75. The first kappa shape index (κ1) is 100. The van der Waals surface area contributed by atoms with Gasteiger partial charge in [0.05, 0.1) is 177 Å². The van der Waals surface area contributed by atoms with E-state index in [-0.39, 0.29) is 195 Å². The molecule has 6 aromatic rings. The van der Waals surface area contributed by atoms with E-state index in [1.54, 1.807) is 117 Å². The van der Waals surface area contributed by atoms with Crippen molar-refractivity contribution in [3.8, 4) is 0 Å². The number of ether oxygens (including phenoxy) is 15. The monoisotopic (exact) mass is 1760 g/mol. The van der Waals surface area contributed by atoms with Crippen LogP contribution in [-0.4, -0.2) is 300 Å². The molecule has 9 rings (SSSR count). The summed E-state index contributed by atoms with van der Waals surface area (Å²) in [6.45, 7) is 35.7. The molecular weight excluding hydrogens is 1630 g/mol. The number of anilines is 3. The Morgan fingerprint density at radius 1 is 0.317 bits per heavy atom. The van der Waals surface area contributed by atoms with Crippen LogP contribution >= 0.6 is 0 Å². The largest absolute Gasteiger partial charge is 0.444 e. The molecular formula is C93H131N9O24. The summed E-state index contributed by atoms with van der Waals surface area (Å²) in [5.74, 6) is -2.48. The number of carbonyl (C=O) groups excluding carboxylic acids is 9. The van der Waals surface area contributed by atoms with Crippen molar-refractivity contribution in [1.82, 2.24) is 30.7 Å². The molecule has 33 nitrogen and oxygen atoms in total. The molecule has 3 aliphatic heterocycles. The average Bonchev–Trinajstić information content (AvgIpc) is 0.751. The summed E-state index contributed by atoms with van der Waals surface area (Å²) < 4.78 is 88.4. The summed E-state index contributed by atoms with van der Waals surface area (Å²) in [7, 11) is 0. The summed E-state index contributed by atoms with van der Waals surface area (Å²) in [4.78, 5) is 123. The van der Waals surface area contributed by atoms with Gasteiger partial charge in [-0.3, -0.25) is 43.5 Å². The Kier molecular flexibility index (Phi) is 38.0. The zero-order chi connectivity index (χ0) is 91.3. The Bertz CT molecular complexity index is 4140. The zero-order valence-corrected chi connectivity index (χ0v) is 76.1. The lowest BCUT2D eigenvalue weighted by Crippen LogP contribution is -2.42. The molecule has 0 bridgehead atoms. The van der Waals surface area contributed by atoms with Gasteiger partial charge in [0.2, 0.25) is 0 Å². The molecule has 3 aliphatic rings. The third-order valence-corrected chi connectivity index (χ3v) is 20.3. The van der Waals surface area contributed by atoms with Crippen LogP contribution in [0.25, 0.3) is 32.3 Å². The molecule has 6 N–H and O–H groups in total. The van der Waals surface area contributed by atoms with E-state index >= 15 is 0 Å². The van der Waals surface area contributed by atoms with Crippen molar-refractivity contribution in [2.75, 3.05) is 194 Å². The van der Waals surface area contributed by atoms with Gasteiger partial charge in [-0.25, -0.2) is 14.4 Å². The first-order valence-corrected chi connectivity index (χ1v) is 43.5. The van der Waals surface area contributed by atoms with E-state index in [1.807, 2.05) is 77.9 Å². The number of nitrogens with one attached hydrogen (secondary N) is 6. The highest BCUT2D eigenvalue weighted by Crippen LogP contribution is 2.39. The molecule has 126 heavy (non-hydrogen) atoms. The van der Waals surface area contributed by atoms with Crippen molar-refractivity contribution in [3.05, 3.63) is 124 Å². The quantitative estimate of drug-likeness (QED) is 0.0117. The zero-order valence-electron chi connectivity index (χ0n) is 76.1. The Balaban J connectivity index is 0.751. The summed E-state index contributed by atoms with van der Waals surface area (Å²) in [5.41, 5.74) is 2.21. The number of alkyl carbamates (subject to hydrolysis) is 3. The van der Waals surface area contributed by atoms with Crippen molar-refractivity contribution < 1.29 is 114 Å². The van der Waals surface area contributed by atoms with E-state index < -0.39 is 75.9 Å². The van der Waals surface area contributed by atoms with Gasteiger partial charge in [0.1, 0.15) is 16.8 Å². The lowest BCUT2D eigenvalue weighted by molar-refractivity contribution is -0.110. The van der Waals surface area contributed by atoms with E-state index in [9.17, 15) is 43.2 Å². The predicted molar refractivity (Wildman–Crippen MR) is 476 cm³/mol. The molecule has 6 unspecified atom stereocenters. The molecule has 0 saturated carbocycles. The average molecular weight is 1760 g/mol. The summed E-state index contributed by atoms with van der Waals surface area (Å²) in [6.07, 6.45) is -2.00. The SMILES string of the molecule is CCC(COCC(C)OCC(C)Nc1ccc2c3c(cccc13)C(=O)N(CCOCCOCCNC(=O)OC(C)(C)C)C2=O)(COCC(C)OCC(C)Nc1ccc2c3c(cccc13)C(=O)N(CCOCCOCCNC(=O)OC(C)(C)C)C2=O)COCC(C)OCC(C)Nc1ccc2c3c(cccc13)C(=O)N(CCOCCOCCNC(=O)OC(C)(C)C)C2=O. The minimum Gasteiger partial charge on any atom is -0.444 e. The summed E-state index contributed by atoms with van der Waals surface area (Å²) in [6, 6.07) is 26.4. The molecule has 0 radical (unpaired) electrons. The number of nitrogens with zero attached hydrogens (tertiary/aromatic N) is 3. The van der Waals surface area contributed by atoms with Crippen LogP contribution in [0.15, 0.2) is 91.0 Å². The van der Waals surface area contributed by atoms with Crippen LogP contribution in [0.1, 0.15) is 179 Å². The van der Waals surface area contributed by atoms with E-state index in [0.29, 0.717) is 75.8 Å². The van der Waals surface area contributed by atoms with Crippen LogP contribution in [0.5, 0.6) is 0 Å². The summed E-state index contributed by atoms with van der Waals surface area (Å²) in [5, 5.41) is 22.4. The maximum absolute atomic E-state index is 13.9. The van der Waals surface area contributed by atoms with Gasteiger partial charge in [-0.15, -0.1) is 0 Å². The molecule has 0 aromatic heterocycles. The third kappa shape index (κ3) is 29.9. The van der Waals surface area contributed by atoms with E-state index in [1.165, 1.54) is 14.7 Å². The van der Waals surface area contributed by atoms with Crippen LogP contribution in [0.3, 0.4) is 0 Å². The second-order valence-electron chi connectivity index (χ2n) is 34.9. The molecule has 6 aromatic carbocycles. The number of imide groups is 3. The van der Waals surface area contributed by atoms with Crippen LogP contribution in [0.4, 0.5) is 31.4 Å². The lowest BCUT2D eigenvalue weighted by atomic mass is 9.88. The maximum Gasteiger partial charge on any atom is 0.407 e. The van der Waals surface area contributed by atoms with E-state index in [0.717, 1.165) is 33.2 Å². The van der Waals surface area contributed by atoms with Gasteiger partial charge in [0, 0.05) is 126 Å². The minimum atomic E-state index is -0.632. The van der Waals surface area contributed by atoms with Crippen molar-refractivity contribution in [2.24, 2.45) is 5.41 Å². The fraction of sp³-hybridized carbons (Fsp3) is 0.581. The molecule has 9 amide bonds. The number of rotatable bonds is 55. The standard InChI is InChI=1S/C93H131N9O24/c1-17-93(57-118-54-63(5)121-51-60(2)97-75-30-27-72-78-66(75)21-18-24-69(78)81(103)100(84(72)106)36-42-115-48-45-112-39-33-94-87(109)124-90(8,9)10,58-119-55-64(6)122-52-61(3)98-76-31-28-73-79-67(76)22-19-25-70(79)82(104)101(85(73)107)37-43-116-49-46-113-40-34-95-88(110)125-91(11,12)13)59-120-56-65(7)123-53-62(4)99-77-32-29-74-80-68(77)23-20-26-71(80)83(105)102(86(74)108)38-44-117-50-47-114-41-35-96-89(111)126-92(14,15)16/h18-32,60-65,97-99H,17,33-59H2,1-16H3,(H,94,109)(H,95,110)(H,96,111). The Labute approximate surface area is 738 Å².